The first-order valence-electron chi connectivity index (χ1n) is 7.85. The first-order valence-corrected chi connectivity index (χ1v) is 7.85. The fraction of sp³-hybridized carbons (Fsp3) is 0.471. The van der Waals surface area contributed by atoms with Crippen LogP contribution in [0.5, 0.6) is 0 Å². The number of nitrogens with zero attached hydrogens (tertiary/aromatic N) is 2. The van der Waals surface area contributed by atoms with Crippen LogP contribution in [0.1, 0.15) is 31.9 Å². The van der Waals surface area contributed by atoms with E-state index in [1.165, 1.54) is 24.5 Å². The zero-order valence-electron chi connectivity index (χ0n) is 13.0. The molecule has 2 unspecified atom stereocenters. The molecule has 1 aromatic carbocycles. The topological polar surface area (TPSA) is 49.5 Å². The minimum absolute atomic E-state index is 0.0548. The van der Waals surface area contributed by atoms with Gasteiger partial charge in [0.15, 0.2) is 0 Å². The summed E-state index contributed by atoms with van der Waals surface area (Å²) in [6.45, 7) is 2.70. The highest BCUT2D eigenvalue weighted by Gasteiger charge is 2.28. The normalized spacial score (nSPS) is 22.4. The zero-order valence-corrected chi connectivity index (χ0v) is 13.0. The van der Waals surface area contributed by atoms with Crippen molar-refractivity contribution in [3.05, 3.63) is 41.8 Å². The highest BCUT2D eigenvalue weighted by Crippen LogP contribution is 2.28. The summed E-state index contributed by atoms with van der Waals surface area (Å²) in [5, 5.41) is 9.53. The molecule has 1 aliphatic heterocycles. The summed E-state index contributed by atoms with van der Waals surface area (Å²) in [7, 11) is 0. The van der Waals surface area contributed by atoms with Crippen LogP contribution < -0.4 is 0 Å². The van der Waals surface area contributed by atoms with Gasteiger partial charge in [-0.05, 0) is 31.9 Å². The standard InChI is InChI=1S/C17H20F2N2O2/c1-11-4-2-5-13(9-22)21(11)8-12-10-23-17(20-12)16-14(18)6-3-7-15(16)19/h3,6-7,10-11,13,22H,2,4-5,8-9H2,1H3. The molecule has 0 saturated carbocycles. The molecular formula is C17H20F2N2O2. The second kappa shape index (κ2) is 6.76. The number of halogens is 2. The lowest BCUT2D eigenvalue weighted by atomic mass is 9.97. The molecule has 0 bridgehead atoms. The Morgan fingerprint density at radius 2 is 2.04 bits per heavy atom. The van der Waals surface area contributed by atoms with E-state index in [-0.39, 0.29) is 24.1 Å². The second-order valence-electron chi connectivity index (χ2n) is 6.03. The summed E-state index contributed by atoms with van der Waals surface area (Å²) in [6, 6.07) is 4.07. The van der Waals surface area contributed by atoms with Crippen LogP contribution in [-0.4, -0.2) is 33.7 Å². The van der Waals surface area contributed by atoms with Gasteiger partial charge in [0.05, 0.1) is 12.3 Å². The minimum Gasteiger partial charge on any atom is -0.444 e. The van der Waals surface area contributed by atoms with Gasteiger partial charge in [0, 0.05) is 18.6 Å². The van der Waals surface area contributed by atoms with Crippen LogP contribution in [0.25, 0.3) is 11.5 Å². The Kier molecular flexibility index (Phi) is 4.73. The molecule has 1 aromatic heterocycles. The first-order chi connectivity index (χ1) is 11.1. The Balaban J connectivity index is 1.82. The quantitative estimate of drug-likeness (QED) is 0.938. The third-order valence-corrected chi connectivity index (χ3v) is 4.48. The number of aromatic nitrogens is 1. The van der Waals surface area contributed by atoms with Gasteiger partial charge in [-0.25, -0.2) is 13.8 Å². The van der Waals surface area contributed by atoms with Crippen LogP contribution >= 0.6 is 0 Å². The number of hydrogen-bond donors (Lipinski definition) is 1. The number of benzene rings is 1. The molecule has 2 aromatic rings. The van der Waals surface area contributed by atoms with Crippen molar-refractivity contribution in [1.82, 2.24) is 9.88 Å². The van der Waals surface area contributed by atoms with Gasteiger partial charge in [0.1, 0.15) is 23.5 Å². The summed E-state index contributed by atoms with van der Waals surface area (Å²) in [4.78, 5) is 6.40. The Labute approximate surface area is 133 Å². The van der Waals surface area contributed by atoms with Gasteiger partial charge in [-0.1, -0.05) is 12.5 Å². The number of piperidine rings is 1. The van der Waals surface area contributed by atoms with Gasteiger partial charge in [-0.3, -0.25) is 4.90 Å². The molecule has 0 amide bonds. The van der Waals surface area contributed by atoms with Crippen LogP contribution in [0.15, 0.2) is 28.9 Å². The van der Waals surface area contributed by atoms with Gasteiger partial charge in [0.25, 0.3) is 0 Å². The van der Waals surface area contributed by atoms with Crippen LogP contribution in [0.2, 0.25) is 0 Å². The number of aliphatic hydroxyl groups excluding tert-OH is 1. The monoisotopic (exact) mass is 322 g/mol. The van der Waals surface area contributed by atoms with Crippen molar-refractivity contribution in [3.63, 3.8) is 0 Å². The van der Waals surface area contributed by atoms with E-state index in [4.69, 9.17) is 4.42 Å². The molecule has 2 atom stereocenters. The number of aliphatic hydroxyl groups is 1. The Morgan fingerprint density at radius 1 is 1.30 bits per heavy atom. The van der Waals surface area contributed by atoms with Crippen LogP contribution in [0.3, 0.4) is 0 Å². The predicted molar refractivity (Wildman–Crippen MR) is 81.6 cm³/mol. The van der Waals surface area contributed by atoms with Gasteiger partial charge in [0.2, 0.25) is 5.89 Å². The maximum atomic E-state index is 13.8. The maximum absolute atomic E-state index is 13.8. The first kappa shape index (κ1) is 16.1. The van der Waals surface area contributed by atoms with Gasteiger partial charge in [-0.2, -0.15) is 0 Å². The highest BCUT2D eigenvalue weighted by atomic mass is 19.1. The molecule has 1 N–H and O–H groups in total. The van der Waals surface area contributed by atoms with Crippen LogP contribution in [0, 0.1) is 11.6 Å². The van der Waals surface area contributed by atoms with Crippen molar-refractivity contribution in [2.75, 3.05) is 6.61 Å². The summed E-state index contributed by atoms with van der Waals surface area (Å²) in [6.07, 6.45) is 4.51. The van der Waals surface area contributed by atoms with E-state index < -0.39 is 11.6 Å². The third-order valence-electron chi connectivity index (χ3n) is 4.48. The number of rotatable bonds is 4. The van der Waals surface area contributed by atoms with Crippen molar-refractivity contribution >= 4 is 0 Å². The van der Waals surface area contributed by atoms with Gasteiger partial charge >= 0.3 is 0 Å². The van der Waals surface area contributed by atoms with E-state index in [0.29, 0.717) is 18.3 Å². The average molecular weight is 322 g/mol. The maximum Gasteiger partial charge on any atom is 0.232 e. The third kappa shape index (κ3) is 3.28. The lowest BCUT2D eigenvalue weighted by Gasteiger charge is -2.39. The van der Waals surface area contributed by atoms with Crippen molar-refractivity contribution in [1.29, 1.82) is 0 Å². The SMILES string of the molecule is CC1CCCC(CO)N1Cc1coc(-c2c(F)cccc2F)n1. The smallest absolute Gasteiger partial charge is 0.232 e. The summed E-state index contributed by atoms with van der Waals surface area (Å²) < 4.78 is 32.9. The number of hydrogen-bond acceptors (Lipinski definition) is 4. The Hall–Kier alpha value is -1.79. The molecule has 0 radical (unpaired) electrons. The minimum atomic E-state index is -0.696. The van der Waals surface area contributed by atoms with E-state index in [2.05, 4.69) is 16.8 Å². The zero-order chi connectivity index (χ0) is 16.4. The summed E-state index contributed by atoms with van der Waals surface area (Å²) >= 11 is 0. The predicted octanol–water partition coefficient (Wildman–Crippen LogP) is 3.36. The van der Waals surface area contributed by atoms with E-state index in [0.717, 1.165) is 19.3 Å². The molecule has 0 spiro atoms. The van der Waals surface area contributed by atoms with Gasteiger partial charge in [-0.15, -0.1) is 0 Å². The fourth-order valence-electron chi connectivity index (χ4n) is 3.21. The van der Waals surface area contributed by atoms with Crippen LogP contribution in [0.4, 0.5) is 8.78 Å². The summed E-state index contributed by atoms with van der Waals surface area (Å²) in [5.41, 5.74) is 0.360. The number of oxazole rings is 1. The largest absolute Gasteiger partial charge is 0.444 e. The molecular weight excluding hydrogens is 302 g/mol. The van der Waals surface area contributed by atoms with Gasteiger partial charge < -0.3 is 9.52 Å². The molecule has 1 aliphatic rings. The highest BCUT2D eigenvalue weighted by molar-refractivity contribution is 5.55. The molecule has 4 nitrogen and oxygen atoms in total. The molecule has 1 saturated heterocycles. The fourth-order valence-corrected chi connectivity index (χ4v) is 3.21. The molecule has 23 heavy (non-hydrogen) atoms. The second-order valence-corrected chi connectivity index (χ2v) is 6.03. The average Bonchev–Trinajstić information content (AvgIpc) is 2.97. The van der Waals surface area contributed by atoms with Crippen molar-refractivity contribution in [2.24, 2.45) is 0 Å². The van der Waals surface area contributed by atoms with E-state index in [1.54, 1.807) is 0 Å². The summed E-state index contributed by atoms with van der Waals surface area (Å²) in [5.74, 6) is -1.45. The molecule has 124 valence electrons. The Morgan fingerprint density at radius 3 is 2.74 bits per heavy atom. The number of likely N-dealkylation sites (tertiary alicyclic amines) is 1. The van der Waals surface area contributed by atoms with Crippen LogP contribution in [-0.2, 0) is 6.54 Å². The molecule has 1 fully saturated rings. The lowest BCUT2D eigenvalue weighted by Crippen LogP contribution is -2.46. The molecule has 3 rings (SSSR count). The van der Waals surface area contributed by atoms with Crippen molar-refractivity contribution < 1.29 is 18.3 Å². The van der Waals surface area contributed by atoms with Crippen molar-refractivity contribution in [3.8, 4) is 11.5 Å². The van der Waals surface area contributed by atoms with E-state index in [9.17, 15) is 13.9 Å². The Bertz CT molecular complexity index is 654. The molecule has 2 heterocycles. The molecule has 6 heteroatoms. The lowest BCUT2D eigenvalue weighted by molar-refractivity contribution is 0.0442. The van der Waals surface area contributed by atoms with E-state index in [1.807, 2.05) is 0 Å². The van der Waals surface area contributed by atoms with E-state index >= 15 is 0 Å². The molecule has 0 aliphatic carbocycles. The van der Waals surface area contributed by atoms with Crippen molar-refractivity contribution in [2.45, 2.75) is 44.8 Å².